The van der Waals surface area contributed by atoms with Crippen molar-refractivity contribution in [1.29, 1.82) is 0 Å². The van der Waals surface area contributed by atoms with Gasteiger partial charge in [0, 0.05) is 12.7 Å². The summed E-state index contributed by atoms with van der Waals surface area (Å²) >= 11 is 0. The summed E-state index contributed by atoms with van der Waals surface area (Å²) in [5.41, 5.74) is 10.1. The molecule has 1 saturated heterocycles. The number of nitrogens with two attached hydrogens (primary N) is 1. The molecule has 1 aliphatic heterocycles. The molecule has 3 N–H and O–H groups in total. The molecule has 11 nitrogen and oxygen atoms in total. The minimum absolute atomic E-state index is 0.182. The van der Waals surface area contributed by atoms with Crippen molar-refractivity contribution in [2.45, 2.75) is 57.0 Å². The fourth-order valence-corrected chi connectivity index (χ4v) is 6.62. The average Bonchev–Trinajstić information content (AvgIpc) is 3.79. The van der Waals surface area contributed by atoms with Gasteiger partial charge in [-0.3, -0.25) is 0 Å². The van der Waals surface area contributed by atoms with Gasteiger partial charge in [0.1, 0.15) is 41.1 Å². The van der Waals surface area contributed by atoms with E-state index in [1.807, 2.05) is 49.4 Å². The molecular weight excluding hydrogens is 634 g/mol. The maximum Gasteiger partial charge on any atom is 0.407 e. The van der Waals surface area contributed by atoms with Crippen LogP contribution in [0.25, 0.3) is 11.0 Å². The fourth-order valence-electron chi connectivity index (χ4n) is 6.62. The van der Waals surface area contributed by atoms with Crippen LogP contribution >= 0.6 is 0 Å². The van der Waals surface area contributed by atoms with Crippen molar-refractivity contribution in [3.05, 3.63) is 114 Å². The number of hydrogen-bond donors (Lipinski definition) is 2. The number of carbonyl (C=O) groups excluding carboxylic acids is 1. The number of benzene rings is 3. The summed E-state index contributed by atoms with van der Waals surface area (Å²) in [7, 11) is 3.32. The molecule has 262 valence electrons. The first-order valence-electron chi connectivity index (χ1n) is 17.1. The molecule has 3 heterocycles. The molecule has 1 aliphatic rings. The molecule has 2 atom stereocenters. The van der Waals surface area contributed by atoms with Gasteiger partial charge in [0.15, 0.2) is 0 Å². The number of carbonyl (C=O) groups is 1. The number of aromatic nitrogens is 3. The first-order valence-corrected chi connectivity index (χ1v) is 17.1. The second kappa shape index (κ2) is 16.1. The highest BCUT2D eigenvalue weighted by molar-refractivity contribution is 5.89. The monoisotopic (exact) mass is 679 g/mol. The van der Waals surface area contributed by atoms with Crippen molar-refractivity contribution in [3.63, 3.8) is 0 Å². The van der Waals surface area contributed by atoms with Crippen LogP contribution in [-0.4, -0.2) is 60.7 Å². The van der Waals surface area contributed by atoms with Crippen molar-refractivity contribution >= 4 is 22.9 Å². The lowest BCUT2D eigenvalue weighted by molar-refractivity contribution is -0.0755. The molecule has 11 heteroatoms. The molecule has 0 spiro atoms. The topological polar surface area (TPSA) is 132 Å². The minimum atomic E-state index is -0.937. The Morgan fingerprint density at radius 2 is 1.60 bits per heavy atom. The lowest BCUT2D eigenvalue weighted by atomic mass is 9.80. The Morgan fingerprint density at radius 1 is 0.940 bits per heavy atom. The summed E-state index contributed by atoms with van der Waals surface area (Å²) < 4.78 is 32.0. The van der Waals surface area contributed by atoms with Crippen molar-refractivity contribution in [1.82, 2.24) is 19.9 Å². The number of fused-ring (bicyclic) bond motifs is 1. The number of nitrogens with zero attached hydrogens (tertiary/aromatic N) is 3. The SMILES string of the molecule is CCCOC(=O)NCCCc1cn([C@H]2CC[C@@H](COC(c3ccccc3)(c3ccc(OC)cc3)c3ccc(OC)cc3)O2)c2ncnc(N)c12. The van der Waals surface area contributed by atoms with E-state index in [0.29, 0.717) is 38.4 Å². The number of hydrogen-bond acceptors (Lipinski definition) is 9. The number of alkyl carbamates (subject to hydrolysis) is 1. The fraction of sp³-hybridized carbons (Fsp3) is 0.359. The second-order valence-electron chi connectivity index (χ2n) is 12.3. The van der Waals surface area contributed by atoms with Crippen LogP contribution in [0.1, 0.15) is 61.1 Å². The normalized spacial score (nSPS) is 16.0. The zero-order chi connectivity index (χ0) is 34.9. The standard InChI is InChI=1S/C39H45N5O6/c1-4-23-48-38(45)41-22-8-9-27-24-44(37-35(27)36(40)42-26-43-37)34-21-20-33(50-34)25-49-39(28-10-6-5-7-11-28,29-12-16-31(46-2)17-13-29)30-14-18-32(47-3)19-15-30/h5-7,10-19,24,26,33-34H,4,8-9,20-23,25H2,1-3H3,(H,41,45)(H2,40,42,43)/t33-,34+/m0/s1. The predicted octanol–water partition coefficient (Wildman–Crippen LogP) is 6.79. The summed E-state index contributed by atoms with van der Waals surface area (Å²) in [4.78, 5) is 20.8. The molecule has 0 unspecified atom stereocenters. The number of methoxy groups -OCH3 is 2. The summed E-state index contributed by atoms with van der Waals surface area (Å²) in [5, 5.41) is 3.62. The molecule has 0 aliphatic carbocycles. The second-order valence-corrected chi connectivity index (χ2v) is 12.3. The lowest BCUT2D eigenvalue weighted by Crippen LogP contribution is -2.35. The van der Waals surface area contributed by atoms with Gasteiger partial charge in [-0.1, -0.05) is 61.5 Å². The maximum absolute atomic E-state index is 11.9. The first-order chi connectivity index (χ1) is 24.5. The van der Waals surface area contributed by atoms with E-state index in [4.69, 9.17) is 29.4 Å². The van der Waals surface area contributed by atoms with E-state index < -0.39 is 11.7 Å². The van der Waals surface area contributed by atoms with Crippen LogP contribution in [0.5, 0.6) is 11.5 Å². The Bertz CT molecular complexity index is 1800. The van der Waals surface area contributed by atoms with Crippen LogP contribution in [0.15, 0.2) is 91.4 Å². The van der Waals surface area contributed by atoms with Crippen LogP contribution in [0.3, 0.4) is 0 Å². The highest BCUT2D eigenvalue weighted by Crippen LogP contribution is 2.43. The van der Waals surface area contributed by atoms with Gasteiger partial charge in [0.25, 0.3) is 0 Å². The van der Waals surface area contributed by atoms with E-state index in [-0.39, 0.29) is 12.3 Å². The van der Waals surface area contributed by atoms with Gasteiger partial charge in [-0.15, -0.1) is 0 Å². The van der Waals surface area contributed by atoms with Crippen LogP contribution in [-0.2, 0) is 26.2 Å². The average molecular weight is 680 g/mol. The quantitative estimate of drug-likeness (QED) is 0.0907. The number of amides is 1. The van der Waals surface area contributed by atoms with Gasteiger partial charge in [-0.05, 0) is 78.6 Å². The lowest BCUT2D eigenvalue weighted by Gasteiger charge is -2.37. The zero-order valence-electron chi connectivity index (χ0n) is 28.8. The zero-order valence-corrected chi connectivity index (χ0v) is 28.8. The Balaban J connectivity index is 1.24. The van der Waals surface area contributed by atoms with Crippen molar-refractivity contribution in [2.24, 2.45) is 0 Å². The third-order valence-electron chi connectivity index (χ3n) is 9.10. The molecule has 0 saturated carbocycles. The predicted molar refractivity (Wildman–Crippen MR) is 191 cm³/mol. The number of anilines is 1. The number of aryl methyl sites for hydroxylation is 1. The third-order valence-corrected chi connectivity index (χ3v) is 9.10. The highest BCUT2D eigenvalue weighted by atomic mass is 16.6. The van der Waals surface area contributed by atoms with E-state index in [1.165, 1.54) is 6.33 Å². The Morgan fingerprint density at radius 3 is 2.24 bits per heavy atom. The Labute approximate surface area is 292 Å². The molecule has 0 radical (unpaired) electrons. The Hall–Kier alpha value is -5.13. The molecule has 50 heavy (non-hydrogen) atoms. The van der Waals surface area contributed by atoms with Gasteiger partial charge < -0.3 is 39.3 Å². The molecule has 1 amide bonds. The van der Waals surface area contributed by atoms with E-state index in [9.17, 15) is 4.79 Å². The van der Waals surface area contributed by atoms with Gasteiger partial charge in [0.05, 0.1) is 38.9 Å². The highest BCUT2D eigenvalue weighted by Gasteiger charge is 2.40. The van der Waals surface area contributed by atoms with Crippen molar-refractivity contribution < 1.29 is 28.5 Å². The van der Waals surface area contributed by atoms with Crippen LogP contribution in [0, 0.1) is 0 Å². The van der Waals surface area contributed by atoms with E-state index in [1.54, 1.807) is 14.2 Å². The van der Waals surface area contributed by atoms with Crippen LogP contribution in [0.2, 0.25) is 0 Å². The van der Waals surface area contributed by atoms with E-state index in [0.717, 1.165) is 64.0 Å². The molecule has 1 fully saturated rings. The summed E-state index contributed by atoms with van der Waals surface area (Å²) in [5.74, 6) is 1.95. The molecule has 5 aromatic rings. The number of nitrogens with one attached hydrogen (secondary N) is 1. The van der Waals surface area contributed by atoms with Crippen molar-refractivity contribution in [2.75, 3.05) is 39.7 Å². The number of nitrogen functional groups attached to an aromatic ring is 1. The van der Waals surface area contributed by atoms with Gasteiger partial charge in [-0.2, -0.15) is 0 Å². The third kappa shape index (κ3) is 7.39. The first kappa shape index (κ1) is 34.7. The Kier molecular flexibility index (Phi) is 11.1. The molecular formula is C39H45N5O6. The summed E-state index contributed by atoms with van der Waals surface area (Å²) in [6.45, 7) is 3.18. The molecule has 2 aromatic heterocycles. The van der Waals surface area contributed by atoms with Crippen molar-refractivity contribution in [3.8, 4) is 11.5 Å². The minimum Gasteiger partial charge on any atom is -0.497 e. The largest absolute Gasteiger partial charge is 0.497 e. The van der Waals surface area contributed by atoms with Crippen LogP contribution in [0.4, 0.5) is 10.6 Å². The smallest absolute Gasteiger partial charge is 0.407 e. The maximum atomic E-state index is 11.9. The van der Waals surface area contributed by atoms with Gasteiger partial charge in [0.2, 0.25) is 0 Å². The van der Waals surface area contributed by atoms with Crippen LogP contribution < -0.4 is 20.5 Å². The van der Waals surface area contributed by atoms with E-state index >= 15 is 0 Å². The molecule has 6 rings (SSSR count). The summed E-state index contributed by atoms with van der Waals surface area (Å²) in [6, 6.07) is 26.3. The molecule has 0 bridgehead atoms. The summed E-state index contributed by atoms with van der Waals surface area (Å²) in [6.07, 6.45) is 6.42. The number of rotatable bonds is 15. The number of ether oxygens (including phenoxy) is 5. The van der Waals surface area contributed by atoms with Gasteiger partial charge in [-0.25, -0.2) is 14.8 Å². The van der Waals surface area contributed by atoms with Gasteiger partial charge >= 0.3 is 6.09 Å². The van der Waals surface area contributed by atoms with E-state index in [2.05, 4.69) is 62.4 Å². The molecule has 3 aromatic carbocycles.